The van der Waals surface area contributed by atoms with Crippen molar-refractivity contribution in [2.75, 3.05) is 6.61 Å². The highest BCUT2D eigenvalue weighted by atomic mass is 16.3. The first-order valence-corrected chi connectivity index (χ1v) is 10.8. The lowest BCUT2D eigenvalue weighted by Gasteiger charge is -2.18. The van der Waals surface area contributed by atoms with Crippen molar-refractivity contribution in [2.45, 2.75) is 106 Å². The average Bonchev–Trinajstić information content (AvgIpc) is 2.90. The fourth-order valence-corrected chi connectivity index (χ4v) is 4.92. The van der Waals surface area contributed by atoms with Crippen molar-refractivity contribution in [3.63, 3.8) is 0 Å². The molecule has 1 rings (SSSR count). The molecule has 0 heterocycles. The van der Waals surface area contributed by atoms with E-state index in [4.69, 9.17) is 0 Å². The number of hydrogen-bond donors (Lipinski definition) is 1. The molecule has 1 aliphatic rings. The Balaban J connectivity index is 2.08. The minimum absolute atomic E-state index is 0.344. The second-order valence-electron chi connectivity index (χ2n) is 10.2. The summed E-state index contributed by atoms with van der Waals surface area (Å²) in [7, 11) is 0. The first-order chi connectivity index (χ1) is 11.1. The van der Waals surface area contributed by atoms with Crippen LogP contribution in [0.15, 0.2) is 0 Å². The molecular formula is C23H46O. The third-order valence-corrected chi connectivity index (χ3v) is 7.48. The quantitative estimate of drug-likeness (QED) is 0.380. The van der Waals surface area contributed by atoms with Crippen LogP contribution in [0.5, 0.6) is 0 Å². The molecule has 0 aromatic rings. The molecule has 0 aromatic carbocycles. The van der Waals surface area contributed by atoms with Crippen LogP contribution in [0.4, 0.5) is 0 Å². The van der Waals surface area contributed by atoms with E-state index in [0.717, 1.165) is 17.8 Å². The molecule has 0 bridgehead atoms. The fourth-order valence-electron chi connectivity index (χ4n) is 4.92. The molecule has 0 aliphatic heterocycles. The molecule has 144 valence electrons. The van der Waals surface area contributed by atoms with Crippen molar-refractivity contribution in [3.05, 3.63) is 0 Å². The summed E-state index contributed by atoms with van der Waals surface area (Å²) in [6, 6.07) is 0. The van der Waals surface area contributed by atoms with Crippen molar-refractivity contribution < 1.29 is 5.11 Å². The fraction of sp³-hybridized carbons (Fsp3) is 1.00. The second-order valence-corrected chi connectivity index (χ2v) is 10.2. The van der Waals surface area contributed by atoms with Gasteiger partial charge in [0.2, 0.25) is 0 Å². The predicted octanol–water partition coefficient (Wildman–Crippen LogP) is 7.08. The molecule has 0 radical (unpaired) electrons. The van der Waals surface area contributed by atoms with Gasteiger partial charge < -0.3 is 5.11 Å². The van der Waals surface area contributed by atoms with E-state index in [1.165, 1.54) is 57.8 Å². The zero-order valence-corrected chi connectivity index (χ0v) is 17.8. The summed E-state index contributed by atoms with van der Waals surface area (Å²) >= 11 is 0. The van der Waals surface area contributed by atoms with Gasteiger partial charge in [-0.3, -0.25) is 0 Å². The smallest absolute Gasteiger partial charge is 0.0470 e. The molecular weight excluding hydrogens is 292 g/mol. The number of aliphatic hydroxyl groups is 1. The zero-order valence-electron chi connectivity index (χ0n) is 17.8. The normalized spacial score (nSPS) is 28.1. The third kappa shape index (κ3) is 6.04. The number of aliphatic hydroxyl groups excluding tert-OH is 1. The molecule has 1 heteroatoms. The average molecular weight is 339 g/mol. The van der Waals surface area contributed by atoms with Gasteiger partial charge in [-0.2, -0.15) is 0 Å². The first kappa shape index (κ1) is 22.0. The van der Waals surface area contributed by atoms with E-state index in [2.05, 4.69) is 48.5 Å². The van der Waals surface area contributed by atoms with Crippen LogP contribution >= 0.6 is 0 Å². The second kappa shape index (κ2) is 9.60. The van der Waals surface area contributed by atoms with Crippen LogP contribution in [0.25, 0.3) is 0 Å². The van der Waals surface area contributed by atoms with Crippen molar-refractivity contribution in [2.24, 2.45) is 34.5 Å². The monoisotopic (exact) mass is 338 g/mol. The highest BCUT2D eigenvalue weighted by Gasteiger charge is 2.66. The Labute approximate surface area is 153 Å². The van der Waals surface area contributed by atoms with E-state index in [0.29, 0.717) is 23.4 Å². The van der Waals surface area contributed by atoms with Crippen LogP contribution < -0.4 is 0 Å². The first-order valence-electron chi connectivity index (χ1n) is 10.8. The summed E-state index contributed by atoms with van der Waals surface area (Å²) in [6.45, 7) is 17.0. The van der Waals surface area contributed by atoms with Crippen molar-refractivity contribution in [1.29, 1.82) is 0 Å². The maximum atomic E-state index is 9.55. The van der Waals surface area contributed by atoms with Gasteiger partial charge in [-0.05, 0) is 40.9 Å². The van der Waals surface area contributed by atoms with Crippen molar-refractivity contribution >= 4 is 0 Å². The van der Waals surface area contributed by atoms with Gasteiger partial charge in [0.1, 0.15) is 0 Å². The van der Waals surface area contributed by atoms with E-state index in [1.807, 2.05) is 0 Å². The molecule has 0 amide bonds. The zero-order chi connectivity index (χ0) is 18.4. The van der Waals surface area contributed by atoms with E-state index >= 15 is 0 Å². The number of rotatable bonds is 13. The molecule has 1 N–H and O–H groups in total. The van der Waals surface area contributed by atoms with Gasteiger partial charge in [-0.25, -0.2) is 0 Å². The highest BCUT2D eigenvalue weighted by molar-refractivity contribution is 5.14. The van der Waals surface area contributed by atoms with Gasteiger partial charge in [0.15, 0.2) is 0 Å². The SMILES string of the molecule is CC(C)CCCC(C)CCCC(C)CCCC1(C)C(CO)C1(C)C. The molecule has 1 nitrogen and oxygen atoms in total. The van der Waals surface area contributed by atoms with Crippen LogP contribution in [0.3, 0.4) is 0 Å². The molecule has 1 fully saturated rings. The van der Waals surface area contributed by atoms with Gasteiger partial charge >= 0.3 is 0 Å². The molecule has 1 aliphatic carbocycles. The van der Waals surface area contributed by atoms with Crippen LogP contribution in [0.1, 0.15) is 106 Å². The van der Waals surface area contributed by atoms with Gasteiger partial charge in [0.25, 0.3) is 0 Å². The Bertz CT molecular complexity index is 346. The maximum Gasteiger partial charge on any atom is 0.0470 e. The van der Waals surface area contributed by atoms with Gasteiger partial charge in [0, 0.05) is 6.61 Å². The van der Waals surface area contributed by atoms with Crippen LogP contribution in [0, 0.1) is 34.5 Å². The molecule has 0 aromatic heterocycles. The lowest BCUT2D eigenvalue weighted by atomic mass is 9.88. The summed E-state index contributed by atoms with van der Waals surface area (Å²) in [6.07, 6.45) is 12.4. The molecule has 4 unspecified atom stereocenters. The molecule has 0 saturated heterocycles. The van der Waals surface area contributed by atoms with Crippen molar-refractivity contribution in [1.82, 2.24) is 0 Å². The Morgan fingerprint density at radius 3 is 1.62 bits per heavy atom. The largest absolute Gasteiger partial charge is 0.396 e. The summed E-state index contributed by atoms with van der Waals surface area (Å²) in [5.41, 5.74) is 0.725. The van der Waals surface area contributed by atoms with Crippen LogP contribution in [0.2, 0.25) is 0 Å². The predicted molar refractivity (Wildman–Crippen MR) is 107 cm³/mol. The topological polar surface area (TPSA) is 20.2 Å². The Morgan fingerprint density at radius 2 is 1.21 bits per heavy atom. The van der Waals surface area contributed by atoms with Crippen LogP contribution in [-0.4, -0.2) is 11.7 Å². The lowest BCUT2D eigenvalue weighted by molar-refractivity contribution is 0.244. The molecule has 0 spiro atoms. The maximum absolute atomic E-state index is 9.55. The van der Waals surface area contributed by atoms with Crippen LogP contribution in [-0.2, 0) is 0 Å². The summed E-state index contributed by atoms with van der Waals surface area (Å²) in [5, 5.41) is 9.55. The molecule has 24 heavy (non-hydrogen) atoms. The minimum Gasteiger partial charge on any atom is -0.396 e. The highest BCUT2D eigenvalue weighted by Crippen LogP contribution is 2.70. The summed E-state index contributed by atoms with van der Waals surface area (Å²) < 4.78 is 0. The van der Waals surface area contributed by atoms with E-state index in [1.54, 1.807) is 0 Å². The minimum atomic E-state index is 0.344. The third-order valence-electron chi connectivity index (χ3n) is 7.48. The van der Waals surface area contributed by atoms with E-state index in [9.17, 15) is 5.11 Å². The van der Waals surface area contributed by atoms with Gasteiger partial charge in [-0.1, -0.05) is 99.8 Å². The molecule has 1 saturated carbocycles. The molecule has 4 atom stereocenters. The van der Waals surface area contributed by atoms with Gasteiger partial charge in [0.05, 0.1) is 0 Å². The Morgan fingerprint density at radius 1 is 0.750 bits per heavy atom. The van der Waals surface area contributed by atoms with E-state index in [-0.39, 0.29) is 0 Å². The summed E-state index contributed by atoms with van der Waals surface area (Å²) in [5.74, 6) is 3.16. The lowest BCUT2D eigenvalue weighted by Crippen LogP contribution is -2.06. The van der Waals surface area contributed by atoms with Gasteiger partial charge in [-0.15, -0.1) is 0 Å². The standard InChI is InChI=1S/C23H46O/c1-18(2)11-8-12-19(3)13-9-14-20(4)15-10-16-23(7)21(17-24)22(23,5)6/h18-21,24H,8-17H2,1-7H3. The number of hydrogen-bond acceptors (Lipinski definition) is 1. The van der Waals surface area contributed by atoms with E-state index < -0.39 is 0 Å². The summed E-state index contributed by atoms with van der Waals surface area (Å²) in [4.78, 5) is 0. The Hall–Kier alpha value is -0.0400. The van der Waals surface area contributed by atoms with Crippen molar-refractivity contribution in [3.8, 4) is 0 Å². The Kier molecular flexibility index (Phi) is 8.80.